The van der Waals surface area contributed by atoms with Crippen LogP contribution in [0, 0.1) is 5.92 Å². The summed E-state index contributed by atoms with van der Waals surface area (Å²) in [5.74, 6) is -2.53. The number of ketones is 1. The first kappa shape index (κ1) is 34.2. The van der Waals surface area contributed by atoms with Crippen molar-refractivity contribution < 1.29 is 28.7 Å². The molecule has 39 heavy (non-hydrogen) atoms. The lowest BCUT2D eigenvalue weighted by Crippen LogP contribution is -2.58. The number of nitrogens with one attached hydrogen (secondary N) is 2. The molecule has 1 aromatic rings. The molecule has 11 nitrogen and oxygen atoms in total. The lowest BCUT2D eigenvalue weighted by atomic mass is 10.0. The zero-order valence-corrected chi connectivity index (χ0v) is 24.7. The molecule has 1 heterocycles. The summed E-state index contributed by atoms with van der Waals surface area (Å²) >= 11 is 1.39. The fourth-order valence-corrected chi connectivity index (χ4v) is 5.01. The Morgan fingerprint density at radius 2 is 1.74 bits per heavy atom. The quantitative estimate of drug-likeness (QED) is 0.244. The number of nitrogens with two attached hydrogens (primary N) is 1. The Labute approximate surface area is 240 Å². The zero-order valence-electron chi connectivity index (χ0n) is 23.0. The number of nitrogens with zero attached hydrogens (tertiary/aromatic N) is 2. The molecule has 3 atom stereocenters. The maximum Gasteiger partial charge on any atom is 0.377 e. The van der Waals surface area contributed by atoms with Crippen molar-refractivity contribution in [1.29, 1.82) is 0 Å². The van der Waals surface area contributed by atoms with Gasteiger partial charge in [-0.05, 0) is 25.3 Å². The number of Topliss-reactive ketones (excluding diaryl/α,β-unsaturated/α-hetero) is 1. The van der Waals surface area contributed by atoms with Crippen LogP contribution in [0.4, 0.5) is 4.79 Å². The molecule has 218 valence electrons. The molecule has 4 amide bonds. The first-order valence-corrected chi connectivity index (χ1v) is 13.8. The van der Waals surface area contributed by atoms with Crippen molar-refractivity contribution in [2.75, 3.05) is 31.8 Å². The fraction of sp³-hybridized carbons (Fsp3) is 0.577. The van der Waals surface area contributed by atoms with E-state index in [1.807, 2.05) is 6.07 Å². The average Bonchev–Trinajstić information content (AvgIpc) is 3.36. The molecule has 1 aliphatic heterocycles. The SMILES string of the molecule is CC(C)OC(=O)C(=O)[C@H](Cc1ccccc1)NC(=O)[C@@H]1CSCN1C(=O)[C@@H](NC(=O)N(C)CCN)C(C)C.Cl. The molecular weight excluding hydrogens is 546 g/mol. The van der Waals surface area contributed by atoms with Crippen LogP contribution in [0.1, 0.15) is 33.3 Å². The molecule has 0 aromatic heterocycles. The van der Waals surface area contributed by atoms with Crippen molar-refractivity contribution in [2.24, 2.45) is 11.7 Å². The van der Waals surface area contributed by atoms with Crippen molar-refractivity contribution in [2.45, 2.75) is 58.3 Å². The van der Waals surface area contributed by atoms with Crippen LogP contribution in [0.15, 0.2) is 30.3 Å². The minimum absolute atomic E-state index is 0. The summed E-state index contributed by atoms with van der Waals surface area (Å²) in [6, 6.07) is 5.66. The summed E-state index contributed by atoms with van der Waals surface area (Å²) in [6.45, 7) is 7.48. The smallest absolute Gasteiger partial charge is 0.377 e. The number of hydrogen-bond acceptors (Lipinski definition) is 8. The molecule has 2 rings (SSSR count). The number of benzene rings is 1. The Kier molecular flexibility index (Phi) is 14.3. The molecule has 0 spiro atoms. The number of amides is 4. The molecule has 0 bridgehead atoms. The molecule has 1 saturated heterocycles. The predicted molar refractivity (Wildman–Crippen MR) is 152 cm³/mol. The van der Waals surface area contributed by atoms with Crippen LogP contribution in [0.25, 0.3) is 0 Å². The number of hydrogen-bond donors (Lipinski definition) is 3. The highest BCUT2D eigenvalue weighted by molar-refractivity contribution is 7.99. The van der Waals surface area contributed by atoms with Gasteiger partial charge >= 0.3 is 12.0 Å². The highest BCUT2D eigenvalue weighted by atomic mass is 35.5. The number of urea groups is 1. The second-order valence-electron chi connectivity index (χ2n) is 9.77. The number of thioether (sulfide) groups is 1. The van der Waals surface area contributed by atoms with Gasteiger partial charge in [0.25, 0.3) is 5.78 Å². The van der Waals surface area contributed by atoms with Gasteiger partial charge in [-0.1, -0.05) is 44.2 Å². The van der Waals surface area contributed by atoms with E-state index in [2.05, 4.69) is 10.6 Å². The summed E-state index contributed by atoms with van der Waals surface area (Å²) in [5.41, 5.74) is 6.27. The predicted octanol–water partition coefficient (Wildman–Crippen LogP) is 1.18. The van der Waals surface area contributed by atoms with Gasteiger partial charge in [-0.25, -0.2) is 9.59 Å². The first-order chi connectivity index (χ1) is 18.0. The third kappa shape index (κ3) is 10.0. The van der Waals surface area contributed by atoms with Crippen molar-refractivity contribution in [1.82, 2.24) is 20.4 Å². The van der Waals surface area contributed by atoms with Gasteiger partial charge < -0.3 is 30.9 Å². The number of carbonyl (C=O) groups excluding carboxylic acids is 5. The number of rotatable bonds is 12. The van der Waals surface area contributed by atoms with Gasteiger partial charge in [0.05, 0.1) is 12.0 Å². The van der Waals surface area contributed by atoms with Crippen molar-refractivity contribution >= 4 is 53.8 Å². The highest BCUT2D eigenvalue weighted by Gasteiger charge is 2.41. The number of halogens is 1. The molecule has 0 saturated carbocycles. The normalized spacial score (nSPS) is 16.2. The van der Waals surface area contributed by atoms with E-state index in [1.54, 1.807) is 59.0 Å². The van der Waals surface area contributed by atoms with Gasteiger partial charge in [-0.3, -0.25) is 14.4 Å². The van der Waals surface area contributed by atoms with Crippen LogP contribution in [0.2, 0.25) is 0 Å². The summed E-state index contributed by atoms with van der Waals surface area (Å²) in [5, 5.41) is 5.43. The number of likely N-dealkylation sites (N-methyl/N-ethyl adjacent to an activating group) is 1. The number of esters is 1. The van der Waals surface area contributed by atoms with Crippen LogP contribution < -0.4 is 16.4 Å². The Morgan fingerprint density at radius 3 is 2.31 bits per heavy atom. The summed E-state index contributed by atoms with van der Waals surface area (Å²) in [7, 11) is 1.58. The highest BCUT2D eigenvalue weighted by Crippen LogP contribution is 2.24. The average molecular weight is 586 g/mol. The molecule has 0 aliphatic carbocycles. The van der Waals surface area contributed by atoms with Gasteiger partial charge in [0.15, 0.2) is 0 Å². The summed E-state index contributed by atoms with van der Waals surface area (Å²) in [4.78, 5) is 67.5. The number of ether oxygens (including phenoxy) is 1. The minimum Gasteiger partial charge on any atom is -0.457 e. The minimum atomic E-state index is -1.16. The molecule has 1 aromatic carbocycles. The maximum atomic E-state index is 13.5. The van der Waals surface area contributed by atoms with E-state index in [0.29, 0.717) is 12.3 Å². The van der Waals surface area contributed by atoms with Crippen LogP contribution in [-0.4, -0.2) is 95.4 Å². The Morgan fingerprint density at radius 1 is 1.10 bits per heavy atom. The topological polar surface area (TPSA) is 151 Å². The fourth-order valence-electron chi connectivity index (χ4n) is 3.85. The van der Waals surface area contributed by atoms with Gasteiger partial charge in [0, 0.05) is 32.3 Å². The second-order valence-corrected chi connectivity index (χ2v) is 10.8. The summed E-state index contributed by atoms with van der Waals surface area (Å²) < 4.78 is 5.07. The zero-order chi connectivity index (χ0) is 28.4. The molecule has 4 N–H and O–H groups in total. The lowest BCUT2D eigenvalue weighted by molar-refractivity contribution is -0.158. The number of carbonyl (C=O) groups is 5. The van der Waals surface area contributed by atoms with E-state index < -0.39 is 53.8 Å². The van der Waals surface area contributed by atoms with Gasteiger partial charge in [0.1, 0.15) is 18.1 Å². The van der Waals surface area contributed by atoms with E-state index in [1.165, 1.54) is 21.6 Å². The van der Waals surface area contributed by atoms with Crippen molar-refractivity contribution in [3.63, 3.8) is 0 Å². The molecule has 1 aliphatic rings. The van der Waals surface area contributed by atoms with Crippen molar-refractivity contribution in [3.8, 4) is 0 Å². The van der Waals surface area contributed by atoms with E-state index >= 15 is 0 Å². The summed E-state index contributed by atoms with van der Waals surface area (Å²) in [6.07, 6.45) is -0.407. The van der Waals surface area contributed by atoms with Gasteiger partial charge in [-0.15, -0.1) is 24.2 Å². The van der Waals surface area contributed by atoms with Crippen molar-refractivity contribution in [3.05, 3.63) is 35.9 Å². The largest absolute Gasteiger partial charge is 0.457 e. The third-order valence-corrected chi connectivity index (χ3v) is 6.96. The van der Waals surface area contributed by atoms with Crippen LogP contribution in [-0.2, 0) is 30.3 Å². The van der Waals surface area contributed by atoms with E-state index in [-0.39, 0.29) is 37.2 Å². The molecule has 1 fully saturated rings. The maximum absolute atomic E-state index is 13.5. The van der Waals surface area contributed by atoms with Crippen LogP contribution in [0.5, 0.6) is 0 Å². The van der Waals surface area contributed by atoms with Crippen LogP contribution >= 0.6 is 24.2 Å². The lowest BCUT2D eigenvalue weighted by Gasteiger charge is -2.31. The molecule has 13 heteroatoms. The first-order valence-electron chi connectivity index (χ1n) is 12.6. The third-order valence-electron chi connectivity index (χ3n) is 5.95. The van der Waals surface area contributed by atoms with Gasteiger partial charge in [-0.2, -0.15) is 0 Å². The second kappa shape index (κ2) is 16.3. The Hall–Kier alpha value is -2.83. The molecule has 0 unspecified atom stereocenters. The standard InChI is InChI=1S/C26H39N5O6S.ClH/c1-16(2)21(29-26(36)30(5)12-11-27)24(34)31-15-38-14-20(31)23(33)28-19(13-18-9-7-6-8-10-18)22(32)25(35)37-17(3)4;/h6-10,16-17,19-21H,11-15,27H2,1-5H3,(H,28,33)(H,29,36);1H/t19-,20-,21-;/m0./s1. The Balaban J connectivity index is 0.00000760. The van der Waals surface area contributed by atoms with Crippen LogP contribution in [0.3, 0.4) is 0 Å². The van der Waals surface area contributed by atoms with E-state index in [9.17, 15) is 24.0 Å². The van der Waals surface area contributed by atoms with E-state index in [0.717, 1.165) is 5.56 Å². The Bertz CT molecular complexity index is 996. The molecular formula is C26H40ClN5O6S. The monoisotopic (exact) mass is 585 g/mol. The molecule has 0 radical (unpaired) electrons. The van der Waals surface area contributed by atoms with E-state index in [4.69, 9.17) is 10.5 Å². The van der Waals surface area contributed by atoms with Gasteiger partial charge in [0.2, 0.25) is 11.8 Å².